The van der Waals surface area contributed by atoms with Crippen molar-refractivity contribution in [2.24, 2.45) is 18.2 Å². The van der Waals surface area contributed by atoms with E-state index in [-0.39, 0.29) is 11.9 Å². The van der Waals surface area contributed by atoms with Gasteiger partial charge in [-0.2, -0.15) is 4.80 Å². The Morgan fingerprint density at radius 2 is 2.06 bits per heavy atom. The molecule has 1 amide bonds. The zero-order chi connectivity index (χ0) is 13.0. The van der Waals surface area contributed by atoms with Crippen LogP contribution in [0.3, 0.4) is 0 Å². The Morgan fingerprint density at radius 1 is 1.39 bits per heavy atom. The summed E-state index contributed by atoms with van der Waals surface area (Å²) in [6.45, 7) is 0.374. The van der Waals surface area contributed by atoms with Crippen molar-refractivity contribution in [2.45, 2.75) is 38.5 Å². The summed E-state index contributed by atoms with van der Waals surface area (Å²) in [4.78, 5) is 13.7. The number of rotatable bonds is 3. The highest BCUT2D eigenvalue weighted by atomic mass is 16.2. The topological polar surface area (TPSA) is 98.7 Å². The second kappa shape index (κ2) is 5.43. The van der Waals surface area contributed by atoms with Crippen LogP contribution in [-0.2, 0) is 11.8 Å². The van der Waals surface area contributed by atoms with Gasteiger partial charge in [-0.25, -0.2) is 0 Å². The molecule has 100 valence electrons. The third-order valence-electron chi connectivity index (χ3n) is 3.67. The number of aryl methyl sites for hydroxylation is 1. The minimum atomic E-state index is -0.463. The van der Waals surface area contributed by atoms with Gasteiger partial charge in [0.15, 0.2) is 0 Å². The van der Waals surface area contributed by atoms with Crippen molar-refractivity contribution < 1.29 is 4.79 Å². The van der Waals surface area contributed by atoms with Crippen molar-refractivity contribution in [3.8, 4) is 0 Å². The molecule has 0 spiro atoms. The van der Waals surface area contributed by atoms with Crippen LogP contribution >= 0.6 is 0 Å². The van der Waals surface area contributed by atoms with Gasteiger partial charge in [-0.15, -0.1) is 5.10 Å². The third-order valence-corrected chi connectivity index (χ3v) is 3.67. The lowest BCUT2D eigenvalue weighted by Gasteiger charge is -2.28. The molecule has 7 nitrogen and oxygen atoms in total. The Kier molecular flexibility index (Phi) is 3.90. The van der Waals surface area contributed by atoms with Gasteiger partial charge in [0.05, 0.1) is 12.5 Å². The first kappa shape index (κ1) is 12.9. The zero-order valence-electron chi connectivity index (χ0n) is 10.7. The molecule has 1 aliphatic rings. The number of nitrogens with one attached hydrogen (secondary N) is 1. The standard InChI is InChI=1S/C11H20N6O/c1-17-15-10(14-16-17)13-9(18)11(8-12)6-4-2-3-5-7-11/h2-8,12H2,1H3,(H,13,15,18). The fourth-order valence-electron chi connectivity index (χ4n) is 2.50. The second-order valence-corrected chi connectivity index (χ2v) is 4.96. The van der Waals surface area contributed by atoms with E-state index in [2.05, 4.69) is 20.7 Å². The fourth-order valence-corrected chi connectivity index (χ4v) is 2.50. The number of carbonyl (C=O) groups excluding carboxylic acids is 1. The van der Waals surface area contributed by atoms with Gasteiger partial charge in [0.1, 0.15) is 0 Å². The normalized spacial score (nSPS) is 19.2. The van der Waals surface area contributed by atoms with E-state index in [4.69, 9.17) is 5.73 Å². The van der Waals surface area contributed by atoms with Crippen molar-refractivity contribution in [3.05, 3.63) is 0 Å². The molecule has 1 aromatic rings. The van der Waals surface area contributed by atoms with E-state index in [0.717, 1.165) is 25.7 Å². The van der Waals surface area contributed by atoms with Crippen LogP contribution in [0.5, 0.6) is 0 Å². The zero-order valence-corrected chi connectivity index (χ0v) is 10.7. The number of nitrogens with two attached hydrogens (primary N) is 1. The van der Waals surface area contributed by atoms with Gasteiger partial charge in [-0.3, -0.25) is 10.1 Å². The van der Waals surface area contributed by atoms with Crippen LogP contribution in [0.2, 0.25) is 0 Å². The first-order chi connectivity index (χ1) is 8.66. The van der Waals surface area contributed by atoms with Crippen LogP contribution in [0.25, 0.3) is 0 Å². The number of hydrogen-bond donors (Lipinski definition) is 2. The summed E-state index contributed by atoms with van der Waals surface area (Å²) in [7, 11) is 1.66. The summed E-state index contributed by atoms with van der Waals surface area (Å²) in [5.74, 6) is 0.180. The molecule has 2 rings (SSSR count). The van der Waals surface area contributed by atoms with Crippen LogP contribution < -0.4 is 11.1 Å². The molecule has 0 unspecified atom stereocenters. The molecule has 0 bridgehead atoms. The van der Waals surface area contributed by atoms with E-state index < -0.39 is 5.41 Å². The molecule has 18 heavy (non-hydrogen) atoms. The van der Waals surface area contributed by atoms with Crippen molar-refractivity contribution in [2.75, 3.05) is 11.9 Å². The molecule has 0 aliphatic heterocycles. The van der Waals surface area contributed by atoms with Crippen LogP contribution in [0.4, 0.5) is 5.95 Å². The maximum atomic E-state index is 12.4. The maximum absolute atomic E-state index is 12.4. The minimum absolute atomic E-state index is 0.0695. The van der Waals surface area contributed by atoms with Gasteiger partial charge >= 0.3 is 0 Å². The molecule has 1 fully saturated rings. The number of tetrazole rings is 1. The quantitative estimate of drug-likeness (QED) is 0.761. The minimum Gasteiger partial charge on any atom is -0.329 e. The first-order valence-electron chi connectivity index (χ1n) is 6.42. The predicted octanol–water partition coefficient (Wildman–Crippen LogP) is 0.448. The highest BCUT2D eigenvalue weighted by molar-refractivity contribution is 5.94. The highest BCUT2D eigenvalue weighted by Gasteiger charge is 2.37. The lowest BCUT2D eigenvalue weighted by atomic mass is 9.79. The van der Waals surface area contributed by atoms with E-state index in [1.165, 1.54) is 17.6 Å². The second-order valence-electron chi connectivity index (χ2n) is 4.96. The van der Waals surface area contributed by atoms with E-state index in [9.17, 15) is 4.79 Å². The number of anilines is 1. The van der Waals surface area contributed by atoms with Gasteiger partial charge in [0.25, 0.3) is 5.95 Å². The number of amides is 1. The molecule has 1 heterocycles. The lowest BCUT2D eigenvalue weighted by molar-refractivity contribution is -0.125. The molecule has 1 aromatic heterocycles. The molecule has 0 atom stereocenters. The van der Waals surface area contributed by atoms with Crippen molar-refractivity contribution in [3.63, 3.8) is 0 Å². The van der Waals surface area contributed by atoms with Crippen molar-refractivity contribution in [1.29, 1.82) is 0 Å². The Morgan fingerprint density at radius 3 is 2.56 bits per heavy atom. The molecule has 0 aromatic carbocycles. The number of hydrogen-bond acceptors (Lipinski definition) is 5. The molecule has 1 saturated carbocycles. The van der Waals surface area contributed by atoms with Crippen LogP contribution in [-0.4, -0.2) is 32.7 Å². The molecule has 7 heteroatoms. The molecule has 0 radical (unpaired) electrons. The summed E-state index contributed by atoms with van der Waals surface area (Å²) >= 11 is 0. The molecular formula is C11H20N6O. The molecule has 0 saturated heterocycles. The monoisotopic (exact) mass is 252 g/mol. The number of nitrogens with zero attached hydrogens (tertiary/aromatic N) is 4. The molecular weight excluding hydrogens is 232 g/mol. The summed E-state index contributed by atoms with van der Waals surface area (Å²) in [6, 6.07) is 0. The summed E-state index contributed by atoms with van der Waals surface area (Å²) in [5, 5.41) is 14.1. The largest absolute Gasteiger partial charge is 0.329 e. The van der Waals surface area contributed by atoms with Crippen LogP contribution in [0.1, 0.15) is 38.5 Å². The van der Waals surface area contributed by atoms with E-state index in [1.54, 1.807) is 7.05 Å². The lowest BCUT2D eigenvalue weighted by Crippen LogP contribution is -2.42. The molecule has 1 aliphatic carbocycles. The Bertz CT molecular complexity index is 407. The van der Waals surface area contributed by atoms with E-state index in [1.807, 2.05) is 0 Å². The number of aromatic nitrogens is 4. The van der Waals surface area contributed by atoms with Gasteiger partial charge in [0, 0.05) is 6.54 Å². The average molecular weight is 252 g/mol. The maximum Gasteiger partial charge on any atom is 0.270 e. The fraction of sp³-hybridized carbons (Fsp3) is 0.818. The summed E-state index contributed by atoms with van der Waals surface area (Å²) < 4.78 is 0. The van der Waals surface area contributed by atoms with E-state index in [0.29, 0.717) is 6.54 Å². The SMILES string of the molecule is Cn1nnc(NC(=O)C2(CN)CCCCCC2)n1. The molecule has 3 N–H and O–H groups in total. The number of carbonyl (C=O) groups is 1. The van der Waals surface area contributed by atoms with Crippen LogP contribution in [0, 0.1) is 5.41 Å². The van der Waals surface area contributed by atoms with Gasteiger partial charge in [-0.05, 0) is 18.1 Å². The third kappa shape index (κ3) is 2.66. The Balaban J connectivity index is 2.08. The van der Waals surface area contributed by atoms with E-state index >= 15 is 0 Å². The van der Waals surface area contributed by atoms with Crippen LogP contribution in [0.15, 0.2) is 0 Å². The summed E-state index contributed by atoms with van der Waals surface area (Å²) in [6.07, 6.45) is 6.15. The van der Waals surface area contributed by atoms with Gasteiger partial charge < -0.3 is 5.73 Å². The predicted molar refractivity (Wildman–Crippen MR) is 66.6 cm³/mol. The smallest absolute Gasteiger partial charge is 0.270 e. The Hall–Kier alpha value is -1.50. The van der Waals surface area contributed by atoms with Gasteiger partial charge in [0.2, 0.25) is 5.91 Å². The van der Waals surface area contributed by atoms with Crippen molar-refractivity contribution >= 4 is 11.9 Å². The highest BCUT2D eigenvalue weighted by Crippen LogP contribution is 2.35. The first-order valence-corrected chi connectivity index (χ1v) is 6.42. The Labute approximate surface area is 106 Å². The van der Waals surface area contributed by atoms with Crippen molar-refractivity contribution in [1.82, 2.24) is 20.2 Å². The average Bonchev–Trinajstić information content (AvgIpc) is 2.65. The van der Waals surface area contributed by atoms with Gasteiger partial charge in [-0.1, -0.05) is 30.8 Å². The summed E-state index contributed by atoms with van der Waals surface area (Å²) in [5.41, 5.74) is 5.38.